The molecule has 0 atom stereocenters. The van der Waals surface area contributed by atoms with Crippen LogP contribution in [0.5, 0.6) is 0 Å². The van der Waals surface area contributed by atoms with E-state index in [1.165, 1.54) is 22.7 Å². The van der Waals surface area contributed by atoms with Gasteiger partial charge in [0, 0.05) is 29.3 Å². The molecule has 3 aromatic rings. The zero-order chi connectivity index (χ0) is 17.9. The molecule has 0 saturated carbocycles. The van der Waals surface area contributed by atoms with Gasteiger partial charge in [-0.05, 0) is 6.42 Å². The van der Waals surface area contributed by atoms with Gasteiger partial charge in [-0.15, -0.1) is 22.7 Å². The van der Waals surface area contributed by atoms with E-state index in [0.29, 0.717) is 28.9 Å². The molecule has 4 rings (SSSR count). The highest BCUT2D eigenvalue weighted by molar-refractivity contribution is 7.14. The van der Waals surface area contributed by atoms with E-state index in [4.69, 9.17) is 0 Å². The number of hydrogen-bond acceptors (Lipinski definition) is 6. The number of carbonyl (C=O) groups excluding carboxylic acids is 2. The number of hydrogen-bond donors (Lipinski definition) is 1. The van der Waals surface area contributed by atoms with Crippen LogP contribution in [-0.4, -0.2) is 28.3 Å². The third-order valence-electron chi connectivity index (χ3n) is 4.01. The lowest BCUT2D eigenvalue weighted by molar-refractivity contribution is -0.117. The second kappa shape index (κ2) is 7.35. The van der Waals surface area contributed by atoms with E-state index >= 15 is 0 Å². The maximum atomic E-state index is 12.3. The summed E-state index contributed by atoms with van der Waals surface area (Å²) in [4.78, 5) is 34.6. The number of nitrogens with one attached hydrogen (secondary N) is 1. The van der Waals surface area contributed by atoms with Crippen molar-refractivity contribution < 1.29 is 9.59 Å². The van der Waals surface area contributed by atoms with E-state index in [1.807, 2.05) is 41.1 Å². The van der Waals surface area contributed by atoms with E-state index in [9.17, 15) is 9.59 Å². The van der Waals surface area contributed by atoms with Gasteiger partial charge in [0.05, 0.1) is 17.8 Å². The van der Waals surface area contributed by atoms with Crippen molar-refractivity contribution >= 4 is 44.8 Å². The van der Waals surface area contributed by atoms with Crippen molar-refractivity contribution in [1.29, 1.82) is 0 Å². The molecule has 1 aliphatic heterocycles. The van der Waals surface area contributed by atoms with E-state index in [2.05, 4.69) is 15.3 Å². The third-order valence-corrected chi connectivity index (χ3v) is 5.68. The lowest BCUT2D eigenvalue weighted by atomic mass is 10.2. The van der Waals surface area contributed by atoms with Crippen molar-refractivity contribution in [3.63, 3.8) is 0 Å². The molecule has 1 fully saturated rings. The van der Waals surface area contributed by atoms with Crippen LogP contribution in [0.15, 0.2) is 41.1 Å². The van der Waals surface area contributed by atoms with Crippen molar-refractivity contribution in [2.24, 2.45) is 0 Å². The summed E-state index contributed by atoms with van der Waals surface area (Å²) in [5.74, 6) is -0.0601. The maximum Gasteiger partial charge on any atom is 0.232 e. The van der Waals surface area contributed by atoms with Gasteiger partial charge in [-0.3, -0.25) is 14.5 Å². The number of carbonyl (C=O) groups is 2. The highest BCUT2D eigenvalue weighted by atomic mass is 32.1. The molecule has 1 saturated heterocycles. The van der Waals surface area contributed by atoms with Gasteiger partial charge in [0.25, 0.3) is 0 Å². The van der Waals surface area contributed by atoms with Gasteiger partial charge in [-0.1, -0.05) is 30.3 Å². The second-order valence-corrected chi connectivity index (χ2v) is 7.59. The van der Waals surface area contributed by atoms with Crippen LogP contribution in [0.25, 0.3) is 11.3 Å². The molecular formula is C18H16N4O2S2. The Morgan fingerprint density at radius 1 is 1.15 bits per heavy atom. The van der Waals surface area contributed by atoms with Crippen LogP contribution >= 0.6 is 22.7 Å². The molecule has 0 unspecified atom stereocenters. The summed E-state index contributed by atoms with van der Waals surface area (Å²) in [6.07, 6.45) is 1.60. The van der Waals surface area contributed by atoms with Gasteiger partial charge in [0.15, 0.2) is 10.3 Å². The van der Waals surface area contributed by atoms with Gasteiger partial charge in [0.2, 0.25) is 11.8 Å². The average Bonchev–Trinajstić information content (AvgIpc) is 3.37. The molecule has 0 aliphatic carbocycles. The molecule has 1 N–H and O–H groups in total. The van der Waals surface area contributed by atoms with Gasteiger partial charge in [-0.2, -0.15) is 0 Å². The average molecular weight is 384 g/mol. The molecule has 8 heteroatoms. The quantitative estimate of drug-likeness (QED) is 0.730. The van der Waals surface area contributed by atoms with Crippen LogP contribution in [0.2, 0.25) is 0 Å². The Bertz CT molecular complexity index is 936. The molecule has 2 aromatic heterocycles. The predicted molar refractivity (Wildman–Crippen MR) is 104 cm³/mol. The van der Waals surface area contributed by atoms with Crippen LogP contribution in [0.3, 0.4) is 0 Å². The Kier molecular flexibility index (Phi) is 4.77. The number of benzene rings is 1. The molecule has 26 heavy (non-hydrogen) atoms. The van der Waals surface area contributed by atoms with E-state index in [-0.39, 0.29) is 18.2 Å². The van der Waals surface area contributed by atoms with Crippen LogP contribution in [-0.2, 0) is 16.0 Å². The lowest BCUT2D eigenvalue weighted by Gasteiger charge is -2.10. The van der Waals surface area contributed by atoms with Gasteiger partial charge in [-0.25, -0.2) is 9.97 Å². The fraction of sp³-hybridized carbons (Fsp3) is 0.222. The Hall–Kier alpha value is -2.58. The molecule has 1 aliphatic rings. The fourth-order valence-electron chi connectivity index (χ4n) is 2.75. The number of aromatic nitrogens is 2. The van der Waals surface area contributed by atoms with Crippen LogP contribution in [0.4, 0.5) is 10.3 Å². The predicted octanol–water partition coefficient (Wildman–Crippen LogP) is 3.57. The first-order valence-corrected chi connectivity index (χ1v) is 10.0. The van der Waals surface area contributed by atoms with Gasteiger partial charge in [0.1, 0.15) is 0 Å². The minimum atomic E-state index is -0.163. The van der Waals surface area contributed by atoms with Crippen molar-refractivity contribution in [3.05, 3.63) is 46.8 Å². The SMILES string of the molecule is O=C(Cc1csc(N2CCCC2=O)n1)Nc1nc(-c2ccccc2)cs1. The number of amides is 2. The van der Waals surface area contributed by atoms with E-state index in [1.54, 1.807) is 4.90 Å². The Labute approximate surface area is 158 Å². The summed E-state index contributed by atoms with van der Waals surface area (Å²) >= 11 is 2.80. The first-order valence-electron chi connectivity index (χ1n) is 8.24. The zero-order valence-electron chi connectivity index (χ0n) is 13.8. The first-order chi connectivity index (χ1) is 12.7. The van der Waals surface area contributed by atoms with Crippen LogP contribution in [0.1, 0.15) is 18.5 Å². The van der Waals surface area contributed by atoms with Crippen molar-refractivity contribution in [3.8, 4) is 11.3 Å². The Morgan fingerprint density at radius 3 is 2.77 bits per heavy atom. The molecule has 0 radical (unpaired) electrons. The second-order valence-electron chi connectivity index (χ2n) is 5.90. The molecule has 0 spiro atoms. The smallest absolute Gasteiger partial charge is 0.232 e. The van der Waals surface area contributed by atoms with E-state index < -0.39 is 0 Å². The monoisotopic (exact) mass is 384 g/mol. The molecule has 6 nitrogen and oxygen atoms in total. The number of rotatable bonds is 5. The van der Waals surface area contributed by atoms with Crippen molar-refractivity contribution in [1.82, 2.24) is 9.97 Å². The Morgan fingerprint density at radius 2 is 2.00 bits per heavy atom. The summed E-state index contributed by atoms with van der Waals surface area (Å²) in [6, 6.07) is 9.83. The van der Waals surface area contributed by atoms with Gasteiger partial charge < -0.3 is 5.32 Å². The normalized spacial score (nSPS) is 14.0. The highest BCUT2D eigenvalue weighted by Gasteiger charge is 2.24. The molecular weight excluding hydrogens is 368 g/mol. The topological polar surface area (TPSA) is 75.2 Å². The minimum absolute atomic E-state index is 0.103. The lowest BCUT2D eigenvalue weighted by Crippen LogP contribution is -2.23. The van der Waals surface area contributed by atoms with Crippen molar-refractivity contribution in [2.75, 3.05) is 16.8 Å². The number of nitrogens with zero attached hydrogens (tertiary/aromatic N) is 3. The fourth-order valence-corrected chi connectivity index (χ4v) is 4.36. The number of anilines is 2. The summed E-state index contributed by atoms with van der Waals surface area (Å²) in [5.41, 5.74) is 2.53. The van der Waals surface area contributed by atoms with Crippen LogP contribution < -0.4 is 10.2 Å². The summed E-state index contributed by atoms with van der Waals surface area (Å²) in [7, 11) is 0. The molecule has 0 bridgehead atoms. The maximum absolute atomic E-state index is 12.3. The van der Waals surface area contributed by atoms with Gasteiger partial charge >= 0.3 is 0 Å². The Balaban J connectivity index is 1.38. The zero-order valence-corrected chi connectivity index (χ0v) is 15.5. The minimum Gasteiger partial charge on any atom is -0.302 e. The summed E-state index contributed by atoms with van der Waals surface area (Å²) in [5, 5.41) is 7.82. The molecule has 3 heterocycles. The van der Waals surface area contributed by atoms with E-state index in [0.717, 1.165) is 17.7 Å². The largest absolute Gasteiger partial charge is 0.302 e. The number of thiazole rings is 2. The molecule has 1 aromatic carbocycles. The molecule has 2 amide bonds. The highest BCUT2D eigenvalue weighted by Crippen LogP contribution is 2.26. The third kappa shape index (κ3) is 3.66. The summed E-state index contributed by atoms with van der Waals surface area (Å²) in [6.45, 7) is 0.708. The van der Waals surface area contributed by atoms with Crippen molar-refractivity contribution in [2.45, 2.75) is 19.3 Å². The molecule has 132 valence electrons. The summed E-state index contributed by atoms with van der Waals surface area (Å²) < 4.78 is 0. The first kappa shape index (κ1) is 16.9. The standard InChI is InChI=1S/C18H16N4O2S2/c23-15(9-13-10-26-18(19-13)22-8-4-7-16(22)24)21-17-20-14(11-25-17)12-5-2-1-3-6-12/h1-3,5-6,10-11H,4,7-9H2,(H,20,21,23). The van der Waals surface area contributed by atoms with Crippen LogP contribution in [0, 0.1) is 0 Å².